The zero-order chi connectivity index (χ0) is 14.9. The number of aromatic amines is 1. The van der Waals surface area contributed by atoms with Gasteiger partial charge in [0.15, 0.2) is 5.03 Å². The summed E-state index contributed by atoms with van der Waals surface area (Å²) < 4.78 is 27.0. The molecule has 0 saturated carbocycles. The largest absolute Gasteiger partial charge is 0.316 e. The minimum Gasteiger partial charge on any atom is -0.316 e. The van der Waals surface area contributed by atoms with Crippen molar-refractivity contribution in [3.8, 4) is 0 Å². The molecule has 0 amide bonds. The summed E-state index contributed by atoms with van der Waals surface area (Å²) in [5.74, 6) is 0. The Morgan fingerprint density at radius 3 is 2.75 bits per heavy atom. The van der Waals surface area contributed by atoms with Crippen molar-refractivity contribution in [2.24, 2.45) is 0 Å². The van der Waals surface area contributed by atoms with Crippen molar-refractivity contribution in [1.82, 2.24) is 24.7 Å². The van der Waals surface area contributed by atoms with E-state index in [0.29, 0.717) is 19.6 Å². The molecule has 1 aliphatic rings. The van der Waals surface area contributed by atoms with Gasteiger partial charge in [-0.1, -0.05) is 0 Å². The minimum absolute atomic E-state index is 0.154. The summed E-state index contributed by atoms with van der Waals surface area (Å²) in [5, 5.41) is 9.94. The average Bonchev–Trinajstić information content (AvgIpc) is 2.75. The first kappa shape index (κ1) is 15.4. The predicted molar refractivity (Wildman–Crippen MR) is 76.9 cm³/mol. The molecule has 1 atom stereocenters. The number of nitrogens with zero attached hydrogens (tertiary/aromatic N) is 3. The van der Waals surface area contributed by atoms with Crippen molar-refractivity contribution in [2.75, 3.05) is 33.7 Å². The van der Waals surface area contributed by atoms with E-state index >= 15 is 0 Å². The lowest BCUT2D eigenvalue weighted by Crippen LogP contribution is -2.52. The maximum absolute atomic E-state index is 12.7. The molecule has 2 rings (SSSR count). The van der Waals surface area contributed by atoms with Crippen LogP contribution in [0.4, 0.5) is 0 Å². The summed E-state index contributed by atoms with van der Waals surface area (Å²) in [7, 11) is 0.280. The third kappa shape index (κ3) is 2.73. The van der Waals surface area contributed by atoms with Gasteiger partial charge in [-0.15, -0.1) is 0 Å². The van der Waals surface area contributed by atoms with Crippen LogP contribution in [-0.4, -0.2) is 67.6 Å². The second-order valence-corrected chi connectivity index (χ2v) is 7.21. The maximum atomic E-state index is 12.7. The highest BCUT2D eigenvalue weighted by atomic mass is 32.2. The van der Waals surface area contributed by atoms with Crippen molar-refractivity contribution in [3.63, 3.8) is 0 Å². The third-order valence-corrected chi connectivity index (χ3v) is 5.73. The summed E-state index contributed by atoms with van der Waals surface area (Å²) in [5.41, 5.74) is 1.51. The van der Waals surface area contributed by atoms with Crippen molar-refractivity contribution >= 4 is 10.0 Å². The number of piperazine rings is 1. The van der Waals surface area contributed by atoms with E-state index in [2.05, 4.69) is 20.4 Å². The Bertz CT molecular complexity index is 568. The quantitative estimate of drug-likeness (QED) is 0.802. The Balaban J connectivity index is 2.31. The summed E-state index contributed by atoms with van der Waals surface area (Å²) in [6.07, 6.45) is 0. The Morgan fingerprint density at radius 2 is 2.15 bits per heavy atom. The standard InChI is InChI=1S/C12H23N5O2S/c1-9-8-17(6-5-16(9)4)20(18,19)12-11(7-13-3)10(2)14-15-12/h9,13H,5-8H2,1-4H3,(H,14,15). The van der Waals surface area contributed by atoms with Crippen LogP contribution >= 0.6 is 0 Å². The molecule has 0 aromatic carbocycles. The fourth-order valence-corrected chi connectivity index (χ4v) is 4.06. The van der Waals surface area contributed by atoms with Gasteiger partial charge in [0.2, 0.25) is 0 Å². The highest BCUT2D eigenvalue weighted by Gasteiger charge is 2.34. The van der Waals surface area contributed by atoms with Gasteiger partial charge in [0.05, 0.1) is 0 Å². The van der Waals surface area contributed by atoms with Crippen LogP contribution in [0.25, 0.3) is 0 Å². The smallest absolute Gasteiger partial charge is 0.262 e. The highest BCUT2D eigenvalue weighted by molar-refractivity contribution is 7.89. The van der Waals surface area contributed by atoms with Gasteiger partial charge in [0.1, 0.15) is 0 Å². The number of aromatic nitrogens is 2. The van der Waals surface area contributed by atoms with E-state index in [9.17, 15) is 8.42 Å². The molecule has 7 nitrogen and oxygen atoms in total. The van der Waals surface area contributed by atoms with Gasteiger partial charge < -0.3 is 10.2 Å². The Hall–Kier alpha value is -0.960. The lowest BCUT2D eigenvalue weighted by molar-refractivity contribution is 0.159. The monoisotopic (exact) mass is 301 g/mol. The number of aryl methyl sites for hydroxylation is 1. The van der Waals surface area contributed by atoms with E-state index in [4.69, 9.17) is 0 Å². The van der Waals surface area contributed by atoms with Gasteiger partial charge in [0, 0.05) is 43.5 Å². The van der Waals surface area contributed by atoms with E-state index in [1.165, 1.54) is 4.31 Å². The molecule has 8 heteroatoms. The first-order valence-electron chi connectivity index (χ1n) is 6.76. The first-order valence-corrected chi connectivity index (χ1v) is 8.20. The predicted octanol–water partition coefficient (Wildman–Crippen LogP) is -0.238. The Morgan fingerprint density at radius 1 is 1.45 bits per heavy atom. The molecule has 0 spiro atoms. The Labute approximate surface area is 120 Å². The zero-order valence-corrected chi connectivity index (χ0v) is 13.3. The second kappa shape index (κ2) is 5.80. The number of rotatable bonds is 4. The van der Waals surface area contributed by atoms with Gasteiger partial charge in [-0.25, -0.2) is 8.42 Å². The normalized spacial score (nSPS) is 22.3. The van der Waals surface area contributed by atoms with E-state index in [1.54, 1.807) is 7.05 Å². The summed E-state index contributed by atoms with van der Waals surface area (Å²) in [6, 6.07) is 0.214. The summed E-state index contributed by atoms with van der Waals surface area (Å²) in [6.45, 7) is 6.11. The van der Waals surface area contributed by atoms with E-state index in [-0.39, 0.29) is 11.1 Å². The lowest BCUT2D eigenvalue weighted by Gasteiger charge is -2.36. The SMILES string of the molecule is CNCc1c(S(=O)(=O)N2CCN(C)C(C)C2)n[nH]c1C. The molecule has 1 aromatic heterocycles. The molecule has 1 unspecified atom stereocenters. The van der Waals surface area contributed by atoms with Crippen LogP contribution < -0.4 is 5.32 Å². The van der Waals surface area contributed by atoms with Crippen molar-refractivity contribution < 1.29 is 8.42 Å². The van der Waals surface area contributed by atoms with Gasteiger partial charge in [-0.2, -0.15) is 9.40 Å². The number of likely N-dealkylation sites (N-methyl/N-ethyl adjacent to an activating group) is 1. The van der Waals surface area contributed by atoms with E-state index < -0.39 is 10.0 Å². The van der Waals surface area contributed by atoms with Gasteiger partial charge in [-0.3, -0.25) is 5.10 Å². The molecule has 1 saturated heterocycles. The van der Waals surface area contributed by atoms with Gasteiger partial charge in [0.25, 0.3) is 10.0 Å². The molecular weight excluding hydrogens is 278 g/mol. The van der Waals surface area contributed by atoms with Crippen molar-refractivity contribution in [3.05, 3.63) is 11.3 Å². The molecule has 20 heavy (non-hydrogen) atoms. The van der Waals surface area contributed by atoms with Crippen LogP contribution in [0.5, 0.6) is 0 Å². The van der Waals surface area contributed by atoms with E-state index in [0.717, 1.165) is 17.8 Å². The first-order chi connectivity index (χ1) is 9.37. The number of hydrogen-bond donors (Lipinski definition) is 2. The maximum Gasteiger partial charge on any atom is 0.262 e. The number of hydrogen-bond acceptors (Lipinski definition) is 5. The second-order valence-electron chi connectivity index (χ2n) is 5.36. The van der Waals surface area contributed by atoms with Crippen LogP contribution in [0, 0.1) is 6.92 Å². The molecule has 1 aliphatic heterocycles. The molecule has 2 heterocycles. The molecule has 114 valence electrons. The molecular formula is C12H23N5O2S. The fraction of sp³-hybridized carbons (Fsp3) is 0.750. The highest BCUT2D eigenvalue weighted by Crippen LogP contribution is 2.22. The van der Waals surface area contributed by atoms with Crippen molar-refractivity contribution in [1.29, 1.82) is 0 Å². The van der Waals surface area contributed by atoms with Crippen LogP contribution in [0.15, 0.2) is 5.03 Å². The van der Waals surface area contributed by atoms with Crippen LogP contribution in [0.3, 0.4) is 0 Å². The average molecular weight is 301 g/mol. The molecule has 0 radical (unpaired) electrons. The number of H-pyrrole nitrogens is 1. The van der Waals surface area contributed by atoms with Gasteiger partial charge >= 0.3 is 0 Å². The van der Waals surface area contributed by atoms with Crippen LogP contribution in [0.2, 0.25) is 0 Å². The Kier molecular flexibility index (Phi) is 4.48. The minimum atomic E-state index is -3.53. The van der Waals surface area contributed by atoms with Crippen LogP contribution in [0.1, 0.15) is 18.2 Å². The van der Waals surface area contributed by atoms with Crippen molar-refractivity contribution in [2.45, 2.75) is 31.5 Å². The number of nitrogens with one attached hydrogen (secondary N) is 2. The van der Waals surface area contributed by atoms with E-state index in [1.807, 2.05) is 20.9 Å². The molecule has 2 N–H and O–H groups in total. The topological polar surface area (TPSA) is 81.3 Å². The lowest BCUT2D eigenvalue weighted by atomic mass is 10.2. The molecule has 1 fully saturated rings. The zero-order valence-electron chi connectivity index (χ0n) is 12.5. The molecule has 1 aromatic rings. The molecule has 0 bridgehead atoms. The summed E-state index contributed by atoms with van der Waals surface area (Å²) >= 11 is 0. The molecule has 0 aliphatic carbocycles. The summed E-state index contributed by atoms with van der Waals surface area (Å²) in [4.78, 5) is 2.16. The van der Waals surface area contributed by atoms with Gasteiger partial charge in [-0.05, 0) is 27.9 Å². The third-order valence-electron chi connectivity index (χ3n) is 3.90. The number of sulfonamides is 1. The fourth-order valence-electron chi connectivity index (χ4n) is 2.38. The van der Waals surface area contributed by atoms with Crippen LogP contribution in [-0.2, 0) is 16.6 Å².